The molecule has 2 atom stereocenters. The van der Waals surface area contributed by atoms with Crippen LogP contribution in [-0.4, -0.2) is 60.6 Å². The Labute approximate surface area is 153 Å². The van der Waals surface area contributed by atoms with E-state index in [1.165, 1.54) is 0 Å². The van der Waals surface area contributed by atoms with Crippen molar-refractivity contribution in [1.82, 2.24) is 14.9 Å². The lowest BCUT2D eigenvalue weighted by Gasteiger charge is -2.29. The van der Waals surface area contributed by atoms with Gasteiger partial charge in [-0.3, -0.25) is 4.79 Å². The zero-order valence-corrected chi connectivity index (χ0v) is 15.6. The highest BCUT2D eigenvalue weighted by atomic mass is 32.2. The number of rotatable bonds is 2. The molecule has 1 aromatic rings. The maximum atomic E-state index is 12.8. The number of fused-ring (bicyclic) bond motifs is 3. The first-order valence-electron chi connectivity index (χ1n) is 9.64. The van der Waals surface area contributed by atoms with E-state index in [2.05, 4.69) is 9.88 Å². The first-order valence-corrected chi connectivity index (χ1v) is 11.4. The molecule has 26 heavy (non-hydrogen) atoms. The molecule has 5 rings (SSSR count). The molecule has 1 aliphatic carbocycles. The minimum atomic E-state index is -3.27. The number of carbonyl (C=O) groups excluding carboxylic acids is 1. The molecule has 1 amide bonds. The zero-order valence-electron chi connectivity index (χ0n) is 14.8. The van der Waals surface area contributed by atoms with E-state index in [0.717, 1.165) is 50.9 Å². The normalized spacial score (nSPS) is 30.0. The van der Waals surface area contributed by atoms with Crippen LogP contribution < -0.4 is 4.90 Å². The van der Waals surface area contributed by atoms with Crippen molar-refractivity contribution in [2.45, 2.75) is 49.0 Å². The van der Waals surface area contributed by atoms with Gasteiger partial charge in [0.05, 0.1) is 16.7 Å². The van der Waals surface area contributed by atoms with Gasteiger partial charge in [0.2, 0.25) is 11.9 Å². The Bertz CT molecular complexity index is 846. The number of nitrogens with zero attached hydrogens (tertiary/aromatic N) is 4. The molecular formula is C18H24N4O3S. The van der Waals surface area contributed by atoms with Crippen LogP contribution in [0.1, 0.15) is 49.3 Å². The summed E-state index contributed by atoms with van der Waals surface area (Å²) in [6, 6.07) is 0. The molecule has 4 heterocycles. The van der Waals surface area contributed by atoms with Gasteiger partial charge in [-0.1, -0.05) is 6.42 Å². The maximum absolute atomic E-state index is 12.8. The van der Waals surface area contributed by atoms with E-state index in [9.17, 15) is 13.2 Å². The summed E-state index contributed by atoms with van der Waals surface area (Å²) in [6.07, 6.45) is 6.96. The van der Waals surface area contributed by atoms with Gasteiger partial charge in [0.1, 0.15) is 0 Å². The zero-order chi connectivity index (χ0) is 17.9. The average Bonchev–Trinajstić information content (AvgIpc) is 3.23. The van der Waals surface area contributed by atoms with E-state index in [4.69, 9.17) is 4.98 Å². The molecule has 2 saturated heterocycles. The molecule has 0 radical (unpaired) electrons. The van der Waals surface area contributed by atoms with Crippen LogP contribution in [0.4, 0.5) is 5.95 Å². The minimum absolute atomic E-state index is 0.00472. The summed E-state index contributed by atoms with van der Waals surface area (Å²) < 4.78 is 25.6. The molecule has 4 aliphatic rings. The minimum Gasteiger partial charge on any atom is -0.341 e. The number of hydrogen-bond donors (Lipinski definition) is 0. The van der Waals surface area contributed by atoms with Crippen LogP contribution in [0, 0.1) is 5.92 Å². The van der Waals surface area contributed by atoms with Gasteiger partial charge in [0.15, 0.2) is 9.84 Å². The molecule has 0 unspecified atom stereocenters. The van der Waals surface area contributed by atoms with Gasteiger partial charge < -0.3 is 9.80 Å². The first kappa shape index (κ1) is 16.5. The highest BCUT2D eigenvalue weighted by Crippen LogP contribution is 2.41. The second-order valence-corrected chi connectivity index (χ2v) is 10.3. The summed E-state index contributed by atoms with van der Waals surface area (Å²) in [7, 11) is -3.27. The Morgan fingerprint density at radius 2 is 1.88 bits per heavy atom. The Balaban J connectivity index is 1.48. The largest absolute Gasteiger partial charge is 0.341 e. The van der Waals surface area contributed by atoms with E-state index in [1.807, 2.05) is 0 Å². The molecule has 0 aromatic carbocycles. The van der Waals surface area contributed by atoms with E-state index in [1.54, 1.807) is 11.1 Å². The SMILES string of the molecule is O=C(C1CCC1)N1C[C@H]2c3nc(N4CCCC4)ncc3CS(=O)(=O)[C@H]2C1. The summed E-state index contributed by atoms with van der Waals surface area (Å²) in [5.41, 5.74) is 1.57. The highest BCUT2D eigenvalue weighted by molar-refractivity contribution is 7.91. The van der Waals surface area contributed by atoms with E-state index >= 15 is 0 Å². The molecule has 0 spiro atoms. The fourth-order valence-corrected chi connectivity index (χ4v) is 6.72. The van der Waals surface area contributed by atoms with Crippen LogP contribution in [-0.2, 0) is 20.4 Å². The summed E-state index contributed by atoms with van der Waals surface area (Å²) in [6.45, 7) is 2.71. The average molecular weight is 376 g/mol. The molecule has 3 fully saturated rings. The van der Waals surface area contributed by atoms with Gasteiger partial charge >= 0.3 is 0 Å². The van der Waals surface area contributed by atoms with Crippen molar-refractivity contribution in [3.63, 3.8) is 0 Å². The van der Waals surface area contributed by atoms with E-state index in [0.29, 0.717) is 24.6 Å². The topological polar surface area (TPSA) is 83.5 Å². The molecule has 0 N–H and O–H groups in total. The Hall–Kier alpha value is -1.70. The lowest BCUT2D eigenvalue weighted by molar-refractivity contribution is -0.137. The predicted octanol–water partition coefficient (Wildman–Crippen LogP) is 1.10. The van der Waals surface area contributed by atoms with Gasteiger partial charge in [0, 0.05) is 49.8 Å². The summed E-state index contributed by atoms with van der Waals surface area (Å²) in [5, 5.41) is -0.514. The number of carbonyl (C=O) groups is 1. The van der Waals surface area contributed by atoms with Gasteiger partial charge in [0.25, 0.3) is 0 Å². The fraction of sp³-hybridized carbons (Fsp3) is 0.722. The van der Waals surface area contributed by atoms with Crippen LogP contribution in [0.25, 0.3) is 0 Å². The predicted molar refractivity (Wildman–Crippen MR) is 96.6 cm³/mol. The fourth-order valence-electron chi connectivity index (χ4n) is 4.73. The molecule has 8 heteroatoms. The summed E-state index contributed by atoms with van der Waals surface area (Å²) in [5.74, 6) is 0.731. The van der Waals surface area contributed by atoms with Crippen LogP contribution >= 0.6 is 0 Å². The van der Waals surface area contributed by atoms with Crippen LogP contribution in [0.5, 0.6) is 0 Å². The molecule has 140 valence electrons. The molecule has 1 aromatic heterocycles. The van der Waals surface area contributed by atoms with Crippen molar-refractivity contribution >= 4 is 21.7 Å². The van der Waals surface area contributed by atoms with E-state index in [-0.39, 0.29) is 23.5 Å². The lowest BCUT2D eigenvalue weighted by atomic mass is 9.84. The molecule has 0 bridgehead atoms. The van der Waals surface area contributed by atoms with Crippen LogP contribution in [0.15, 0.2) is 6.20 Å². The van der Waals surface area contributed by atoms with Crippen molar-refractivity contribution in [3.8, 4) is 0 Å². The first-order chi connectivity index (χ1) is 12.5. The third-order valence-electron chi connectivity index (χ3n) is 6.48. The number of likely N-dealkylation sites (tertiary alicyclic amines) is 1. The number of amides is 1. The third-order valence-corrected chi connectivity index (χ3v) is 8.59. The van der Waals surface area contributed by atoms with E-state index < -0.39 is 15.1 Å². The van der Waals surface area contributed by atoms with Crippen molar-refractivity contribution in [2.24, 2.45) is 5.92 Å². The smallest absolute Gasteiger partial charge is 0.225 e. The Kier molecular flexibility index (Phi) is 3.74. The number of sulfone groups is 1. The highest BCUT2D eigenvalue weighted by Gasteiger charge is 2.49. The number of aromatic nitrogens is 2. The van der Waals surface area contributed by atoms with Crippen molar-refractivity contribution in [2.75, 3.05) is 31.1 Å². The van der Waals surface area contributed by atoms with Gasteiger partial charge in [-0.2, -0.15) is 0 Å². The van der Waals surface area contributed by atoms with Crippen molar-refractivity contribution < 1.29 is 13.2 Å². The third kappa shape index (κ3) is 2.52. The number of hydrogen-bond acceptors (Lipinski definition) is 6. The molecular weight excluding hydrogens is 352 g/mol. The Morgan fingerprint density at radius 3 is 2.58 bits per heavy atom. The summed E-state index contributed by atoms with van der Waals surface area (Å²) >= 11 is 0. The molecule has 7 nitrogen and oxygen atoms in total. The Morgan fingerprint density at radius 1 is 1.12 bits per heavy atom. The summed E-state index contributed by atoms with van der Waals surface area (Å²) in [4.78, 5) is 25.8. The quantitative estimate of drug-likeness (QED) is 0.769. The van der Waals surface area contributed by atoms with Crippen molar-refractivity contribution in [3.05, 3.63) is 17.5 Å². The number of anilines is 1. The second kappa shape index (κ2) is 5.90. The van der Waals surface area contributed by atoms with Crippen LogP contribution in [0.2, 0.25) is 0 Å². The monoisotopic (exact) mass is 376 g/mol. The van der Waals surface area contributed by atoms with Gasteiger partial charge in [-0.25, -0.2) is 18.4 Å². The van der Waals surface area contributed by atoms with Gasteiger partial charge in [-0.15, -0.1) is 0 Å². The second-order valence-electron chi connectivity index (χ2n) is 8.10. The molecule has 3 aliphatic heterocycles. The maximum Gasteiger partial charge on any atom is 0.225 e. The van der Waals surface area contributed by atoms with Crippen molar-refractivity contribution in [1.29, 1.82) is 0 Å². The van der Waals surface area contributed by atoms with Gasteiger partial charge in [-0.05, 0) is 25.7 Å². The lowest BCUT2D eigenvalue weighted by Crippen LogP contribution is -2.39. The van der Waals surface area contributed by atoms with Crippen LogP contribution in [0.3, 0.4) is 0 Å². The molecule has 1 saturated carbocycles. The standard InChI is InChI=1S/C18H24N4O3S/c23-17(12-4-3-5-12)22-9-14-15(10-22)26(24,25)11-13-8-19-18(20-16(13)14)21-6-1-2-7-21/h8,12,14-15H,1-7,9-11H2/t14-,15+/m1/s1.